The fourth-order valence-electron chi connectivity index (χ4n) is 3.75. The van der Waals surface area contributed by atoms with Crippen LogP contribution in [0.5, 0.6) is 5.75 Å². The van der Waals surface area contributed by atoms with Crippen molar-refractivity contribution in [2.24, 2.45) is 0 Å². The molecular formula is C20H25N5O3S. The molecule has 0 atom stereocenters. The van der Waals surface area contributed by atoms with E-state index in [1.807, 2.05) is 24.3 Å². The predicted molar refractivity (Wildman–Crippen MR) is 113 cm³/mol. The van der Waals surface area contributed by atoms with Crippen LogP contribution >= 0.6 is 11.3 Å². The lowest BCUT2D eigenvalue weighted by Gasteiger charge is -2.26. The van der Waals surface area contributed by atoms with Gasteiger partial charge in [-0.1, -0.05) is 36.3 Å². The van der Waals surface area contributed by atoms with Gasteiger partial charge in [-0.05, 0) is 25.0 Å². The average molecular weight is 416 g/mol. The number of anilines is 2. The summed E-state index contributed by atoms with van der Waals surface area (Å²) in [6.07, 6.45) is 5.08. The molecule has 8 nitrogen and oxygen atoms in total. The summed E-state index contributed by atoms with van der Waals surface area (Å²) < 4.78 is 5.29. The number of benzene rings is 1. The van der Waals surface area contributed by atoms with E-state index in [1.54, 1.807) is 12.0 Å². The molecule has 0 saturated heterocycles. The van der Waals surface area contributed by atoms with Gasteiger partial charge < -0.3 is 20.3 Å². The number of aromatic nitrogens is 1. The molecule has 0 radical (unpaired) electrons. The molecule has 0 spiro atoms. The van der Waals surface area contributed by atoms with Gasteiger partial charge in [-0.25, -0.2) is 14.6 Å². The van der Waals surface area contributed by atoms with Gasteiger partial charge in [0.25, 0.3) is 0 Å². The summed E-state index contributed by atoms with van der Waals surface area (Å²) in [5.74, 6) is 0.621. The topological polar surface area (TPSA) is 95.6 Å². The summed E-state index contributed by atoms with van der Waals surface area (Å²) in [4.78, 5) is 32.1. The Morgan fingerprint density at radius 3 is 2.79 bits per heavy atom. The summed E-state index contributed by atoms with van der Waals surface area (Å²) in [6, 6.07) is 7.21. The number of methoxy groups -OCH3 is 1. The molecule has 9 heteroatoms. The molecule has 1 aromatic carbocycles. The van der Waals surface area contributed by atoms with Gasteiger partial charge in [-0.15, -0.1) is 0 Å². The number of nitrogens with one attached hydrogen (secondary N) is 3. The van der Waals surface area contributed by atoms with E-state index in [0.717, 1.165) is 23.4 Å². The molecule has 0 unspecified atom stereocenters. The highest BCUT2D eigenvalue weighted by atomic mass is 32.1. The van der Waals surface area contributed by atoms with Crippen LogP contribution < -0.4 is 20.7 Å². The number of nitrogens with zero attached hydrogens (tertiary/aromatic N) is 2. The third kappa shape index (κ3) is 4.61. The van der Waals surface area contributed by atoms with Gasteiger partial charge in [-0.3, -0.25) is 5.32 Å². The standard InChI is InChI=1S/C20H25N5O3S/c1-28-16-9-5-4-8-14(16)23-20(27)25-11-10-15-17(12-25)29-19(22-15)24-18(26)21-13-6-2-3-7-13/h4-5,8-9,13H,2-3,6-7,10-12H2,1H3,(H,23,27)(H2,21,22,24,26). The number of fused-ring (bicyclic) bond motifs is 1. The molecule has 1 fully saturated rings. The summed E-state index contributed by atoms with van der Waals surface area (Å²) >= 11 is 1.43. The zero-order valence-electron chi connectivity index (χ0n) is 16.4. The maximum atomic E-state index is 12.7. The average Bonchev–Trinajstić information content (AvgIpc) is 3.36. The fourth-order valence-corrected chi connectivity index (χ4v) is 4.77. The molecule has 1 aliphatic heterocycles. The Morgan fingerprint density at radius 1 is 1.21 bits per heavy atom. The molecule has 2 heterocycles. The van der Waals surface area contributed by atoms with Gasteiger partial charge in [0, 0.05) is 23.9 Å². The van der Waals surface area contributed by atoms with Gasteiger partial charge in [0.15, 0.2) is 5.13 Å². The van der Waals surface area contributed by atoms with E-state index in [9.17, 15) is 9.59 Å². The van der Waals surface area contributed by atoms with Crippen LogP contribution in [0.15, 0.2) is 24.3 Å². The van der Waals surface area contributed by atoms with Crippen LogP contribution in [0, 0.1) is 0 Å². The molecule has 4 rings (SSSR count). The number of urea groups is 2. The molecule has 0 bridgehead atoms. The Morgan fingerprint density at radius 2 is 2.00 bits per heavy atom. The third-order valence-corrected chi connectivity index (χ3v) is 6.28. The zero-order chi connectivity index (χ0) is 20.2. The van der Waals surface area contributed by atoms with Crippen LogP contribution in [0.4, 0.5) is 20.4 Å². The lowest BCUT2D eigenvalue weighted by atomic mass is 10.2. The lowest BCUT2D eigenvalue weighted by Crippen LogP contribution is -2.38. The molecule has 154 valence electrons. The first-order valence-corrected chi connectivity index (χ1v) is 10.7. The maximum Gasteiger partial charge on any atom is 0.322 e. The summed E-state index contributed by atoms with van der Waals surface area (Å²) in [6.45, 7) is 1.05. The van der Waals surface area contributed by atoms with Crippen LogP contribution in [-0.2, 0) is 13.0 Å². The first-order chi connectivity index (χ1) is 14.1. The van der Waals surface area contributed by atoms with Crippen LogP contribution in [0.1, 0.15) is 36.3 Å². The Kier molecular flexibility index (Phi) is 5.84. The Labute approximate surface area is 173 Å². The van der Waals surface area contributed by atoms with Crippen molar-refractivity contribution in [3.63, 3.8) is 0 Å². The summed E-state index contributed by atoms with van der Waals surface area (Å²) in [7, 11) is 1.58. The molecular weight excluding hydrogens is 390 g/mol. The van der Waals surface area contributed by atoms with Crippen molar-refractivity contribution >= 4 is 34.2 Å². The minimum Gasteiger partial charge on any atom is -0.495 e. The molecule has 29 heavy (non-hydrogen) atoms. The van der Waals surface area contributed by atoms with Crippen molar-refractivity contribution in [2.75, 3.05) is 24.3 Å². The van der Waals surface area contributed by atoms with Crippen molar-refractivity contribution in [2.45, 2.75) is 44.7 Å². The largest absolute Gasteiger partial charge is 0.495 e. The van der Waals surface area contributed by atoms with Gasteiger partial charge in [0.05, 0.1) is 25.0 Å². The molecule has 4 amide bonds. The Bertz CT molecular complexity index is 894. The van der Waals surface area contributed by atoms with E-state index < -0.39 is 0 Å². The second-order valence-corrected chi connectivity index (χ2v) is 8.35. The highest BCUT2D eigenvalue weighted by Crippen LogP contribution is 2.29. The van der Waals surface area contributed by atoms with Crippen LogP contribution in [0.25, 0.3) is 0 Å². The minimum absolute atomic E-state index is 0.179. The van der Waals surface area contributed by atoms with Crippen molar-refractivity contribution in [3.05, 3.63) is 34.8 Å². The third-order valence-electron chi connectivity index (χ3n) is 5.28. The second-order valence-electron chi connectivity index (χ2n) is 7.27. The van der Waals surface area contributed by atoms with Gasteiger partial charge in [0.1, 0.15) is 5.75 Å². The number of para-hydroxylation sites is 2. The molecule has 1 saturated carbocycles. The van der Waals surface area contributed by atoms with E-state index in [1.165, 1.54) is 24.2 Å². The van der Waals surface area contributed by atoms with E-state index in [2.05, 4.69) is 20.9 Å². The monoisotopic (exact) mass is 415 g/mol. The molecule has 1 aliphatic carbocycles. The smallest absolute Gasteiger partial charge is 0.322 e. The molecule has 2 aliphatic rings. The quantitative estimate of drug-likeness (QED) is 0.708. The van der Waals surface area contributed by atoms with Crippen molar-refractivity contribution in [1.82, 2.24) is 15.2 Å². The van der Waals surface area contributed by atoms with E-state index in [-0.39, 0.29) is 18.1 Å². The van der Waals surface area contributed by atoms with Crippen molar-refractivity contribution in [1.29, 1.82) is 0 Å². The molecule has 2 aromatic rings. The maximum absolute atomic E-state index is 12.7. The number of carbonyl (C=O) groups is 2. The SMILES string of the molecule is COc1ccccc1NC(=O)N1CCc2nc(NC(=O)NC3CCCC3)sc2C1. The molecule has 1 aromatic heterocycles. The fraction of sp³-hybridized carbons (Fsp3) is 0.450. The van der Waals surface area contributed by atoms with E-state index >= 15 is 0 Å². The number of thiazole rings is 1. The predicted octanol–water partition coefficient (Wildman–Crippen LogP) is 3.81. The highest BCUT2D eigenvalue weighted by Gasteiger charge is 2.25. The first-order valence-electron chi connectivity index (χ1n) is 9.87. The Balaban J connectivity index is 1.36. The first kappa shape index (κ1) is 19.5. The lowest BCUT2D eigenvalue weighted by molar-refractivity contribution is 0.206. The van der Waals surface area contributed by atoms with Gasteiger partial charge >= 0.3 is 12.1 Å². The number of amides is 4. The zero-order valence-corrected chi connectivity index (χ0v) is 17.2. The molecule has 3 N–H and O–H groups in total. The van der Waals surface area contributed by atoms with Crippen molar-refractivity contribution in [3.8, 4) is 5.75 Å². The van der Waals surface area contributed by atoms with Crippen LogP contribution in [-0.4, -0.2) is 41.6 Å². The summed E-state index contributed by atoms with van der Waals surface area (Å²) in [5.41, 5.74) is 1.59. The van der Waals surface area contributed by atoms with Gasteiger partial charge in [0.2, 0.25) is 0 Å². The summed E-state index contributed by atoms with van der Waals surface area (Å²) in [5, 5.41) is 9.34. The number of hydrogen-bond acceptors (Lipinski definition) is 5. The van der Waals surface area contributed by atoms with Crippen LogP contribution in [0.3, 0.4) is 0 Å². The number of rotatable bonds is 4. The van der Waals surface area contributed by atoms with Crippen molar-refractivity contribution < 1.29 is 14.3 Å². The van der Waals surface area contributed by atoms with E-state index in [0.29, 0.717) is 36.1 Å². The highest BCUT2D eigenvalue weighted by molar-refractivity contribution is 7.15. The number of hydrogen-bond donors (Lipinski definition) is 3. The number of carbonyl (C=O) groups excluding carboxylic acids is 2. The normalized spacial score (nSPS) is 16.2. The number of ether oxygens (including phenoxy) is 1. The van der Waals surface area contributed by atoms with Gasteiger partial charge in [-0.2, -0.15) is 0 Å². The van der Waals surface area contributed by atoms with E-state index in [4.69, 9.17) is 4.74 Å². The Hall–Kier alpha value is -2.81. The second kappa shape index (κ2) is 8.69. The minimum atomic E-state index is -0.200. The van der Waals surface area contributed by atoms with Crippen LogP contribution in [0.2, 0.25) is 0 Å².